The van der Waals surface area contributed by atoms with Crippen molar-refractivity contribution in [2.75, 3.05) is 18.1 Å². The lowest BCUT2D eigenvalue weighted by Crippen LogP contribution is -2.27. The minimum Gasteiger partial charge on any atom is -0.457 e. The zero-order chi connectivity index (χ0) is 26.5. The Morgan fingerprint density at radius 3 is 2.26 bits per heavy atom. The van der Waals surface area contributed by atoms with Crippen molar-refractivity contribution in [1.82, 2.24) is 0 Å². The van der Waals surface area contributed by atoms with E-state index in [2.05, 4.69) is 15.9 Å². The molecule has 1 amide bonds. The molecule has 0 radical (unpaired) electrons. The first-order valence-electron chi connectivity index (χ1n) is 12.2. The molecule has 1 aliphatic rings. The monoisotopic (exact) mass is 569 g/mol. The van der Waals surface area contributed by atoms with Crippen molar-refractivity contribution < 1.29 is 23.9 Å². The first-order valence-corrected chi connectivity index (χ1v) is 13.0. The van der Waals surface area contributed by atoms with Crippen LogP contribution < -0.4 is 9.64 Å². The maximum absolute atomic E-state index is 12.7. The molecule has 0 saturated carbocycles. The summed E-state index contributed by atoms with van der Waals surface area (Å²) in [6, 6.07) is 31.8. The van der Waals surface area contributed by atoms with Crippen LogP contribution in [0.1, 0.15) is 16.8 Å². The van der Waals surface area contributed by atoms with Gasteiger partial charge in [-0.15, -0.1) is 0 Å². The predicted molar refractivity (Wildman–Crippen MR) is 148 cm³/mol. The number of esters is 1. The van der Waals surface area contributed by atoms with Crippen LogP contribution >= 0.6 is 15.9 Å². The molecule has 190 valence electrons. The van der Waals surface area contributed by atoms with Gasteiger partial charge in [-0.05, 0) is 48.0 Å². The third-order valence-electron chi connectivity index (χ3n) is 6.32. The Hall–Kier alpha value is -4.23. The summed E-state index contributed by atoms with van der Waals surface area (Å²) in [5, 5.41) is 0. The molecule has 1 aliphatic heterocycles. The fraction of sp³-hybridized carbons (Fsp3) is 0.129. The number of ether oxygens (including phenoxy) is 2. The van der Waals surface area contributed by atoms with E-state index in [1.807, 2.05) is 54.6 Å². The van der Waals surface area contributed by atoms with Gasteiger partial charge in [-0.25, -0.2) is 0 Å². The summed E-state index contributed by atoms with van der Waals surface area (Å²) in [5.74, 6) is -0.293. The number of carbonyl (C=O) groups excluding carboxylic acids is 3. The maximum atomic E-state index is 12.7. The van der Waals surface area contributed by atoms with Crippen LogP contribution in [0.25, 0.3) is 11.1 Å². The molecule has 0 spiro atoms. The molecule has 1 heterocycles. The molecule has 0 unspecified atom stereocenters. The maximum Gasteiger partial charge on any atom is 0.311 e. The molecule has 1 saturated heterocycles. The standard InChI is InChI=1S/C31H24BrNO5/c32-24-12-10-22(11-13-24)28(34)20-37-31(36)23-18-30(35)33(19-23)25-14-16-26(17-15-25)38-29-9-5-4-8-27(29)21-6-2-1-3-7-21/h1-17,23H,18-20H2/t23-/m1/s1. The first kappa shape index (κ1) is 25.4. The zero-order valence-corrected chi connectivity index (χ0v) is 22.0. The van der Waals surface area contributed by atoms with E-state index in [0.29, 0.717) is 17.0 Å². The molecule has 0 aliphatic carbocycles. The molecule has 1 fully saturated rings. The van der Waals surface area contributed by atoms with Crippen LogP contribution in [0.5, 0.6) is 11.5 Å². The molecule has 5 rings (SSSR count). The predicted octanol–water partition coefficient (Wildman–Crippen LogP) is 6.69. The Morgan fingerprint density at radius 1 is 0.842 bits per heavy atom. The molecule has 0 bridgehead atoms. The lowest BCUT2D eigenvalue weighted by atomic mass is 10.0. The summed E-state index contributed by atoms with van der Waals surface area (Å²) >= 11 is 3.32. The second-order valence-corrected chi connectivity index (χ2v) is 9.82. The Kier molecular flexibility index (Phi) is 7.65. The van der Waals surface area contributed by atoms with Gasteiger partial charge in [0, 0.05) is 34.3 Å². The summed E-state index contributed by atoms with van der Waals surface area (Å²) in [6.45, 7) is -0.164. The number of amides is 1. The van der Waals surface area contributed by atoms with E-state index in [-0.39, 0.29) is 31.3 Å². The van der Waals surface area contributed by atoms with E-state index in [9.17, 15) is 14.4 Å². The van der Waals surface area contributed by atoms with Crippen molar-refractivity contribution in [1.29, 1.82) is 0 Å². The minimum absolute atomic E-state index is 0.0357. The summed E-state index contributed by atoms with van der Waals surface area (Å²) in [6.07, 6.45) is 0.0357. The number of nitrogens with zero attached hydrogens (tertiary/aromatic N) is 1. The van der Waals surface area contributed by atoms with Gasteiger partial charge < -0.3 is 14.4 Å². The highest BCUT2D eigenvalue weighted by molar-refractivity contribution is 9.10. The number of hydrogen-bond donors (Lipinski definition) is 0. The molecule has 0 aromatic heterocycles. The number of Topliss-reactive ketones (excluding diaryl/α,β-unsaturated/α-hetero) is 1. The number of carbonyl (C=O) groups is 3. The SMILES string of the molecule is O=C(COC(=O)[C@@H]1CC(=O)N(c2ccc(Oc3ccccc3-c3ccccc3)cc2)C1)c1ccc(Br)cc1. The van der Waals surface area contributed by atoms with E-state index < -0.39 is 11.9 Å². The van der Waals surface area contributed by atoms with Crippen LogP contribution in [0, 0.1) is 5.92 Å². The van der Waals surface area contributed by atoms with Gasteiger partial charge in [0.2, 0.25) is 5.91 Å². The topological polar surface area (TPSA) is 72.9 Å². The van der Waals surface area contributed by atoms with E-state index >= 15 is 0 Å². The summed E-state index contributed by atoms with van der Waals surface area (Å²) in [4.78, 5) is 39.1. The summed E-state index contributed by atoms with van der Waals surface area (Å²) in [7, 11) is 0. The third-order valence-corrected chi connectivity index (χ3v) is 6.85. The highest BCUT2D eigenvalue weighted by Crippen LogP contribution is 2.34. The number of benzene rings is 4. The molecule has 4 aromatic carbocycles. The van der Waals surface area contributed by atoms with Crippen molar-refractivity contribution in [3.63, 3.8) is 0 Å². The van der Waals surface area contributed by atoms with Crippen molar-refractivity contribution >= 4 is 39.3 Å². The number of hydrogen-bond acceptors (Lipinski definition) is 5. The first-order chi connectivity index (χ1) is 18.5. The molecule has 1 atom stereocenters. The second-order valence-electron chi connectivity index (χ2n) is 8.90. The third kappa shape index (κ3) is 5.84. The number of ketones is 1. The normalized spacial score (nSPS) is 14.8. The summed E-state index contributed by atoms with van der Waals surface area (Å²) in [5.41, 5.74) is 3.16. The minimum atomic E-state index is -0.631. The number of rotatable bonds is 8. The van der Waals surface area contributed by atoms with Gasteiger partial charge in [-0.2, -0.15) is 0 Å². The number of para-hydroxylation sites is 1. The van der Waals surface area contributed by atoms with Gasteiger partial charge in [0.25, 0.3) is 0 Å². The molecular weight excluding hydrogens is 546 g/mol. The Balaban J connectivity index is 1.20. The van der Waals surface area contributed by atoms with Crippen molar-refractivity contribution in [3.8, 4) is 22.6 Å². The van der Waals surface area contributed by atoms with Crippen LogP contribution in [0.15, 0.2) is 108 Å². The molecule has 7 heteroatoms. The van der Waals surface area contributed by atoms with Crippen molar-refractivity contribution in [3.05, 3.63) is 113 Å². The number of halogens is 1. The Bertz CT molecular complexity index is 1450. The van der Waals surface area contributed by atoms with Crippen LogP contribution in [0.3, 0.4) is 0 Å². The second kappa shape index (κ2) is 11.4. The van der Waals surface area contributed by atoms with Crippen LogP contribution in [-0.4, -0.2) is 30.8 Å². The van der Waals surface area contributed by atoms with Gasteiger partial charge in [0.15, 0.2) is 12.4 Å². The molecular formula is C31H24BrNO5. The molecule has 4 aromatic rings. The van der Waals surface area contributed by atoms with Crippen LogP contribution in [0.4, 0.5) is 5.69 Å². The van der Waals surface area contributed by atoms with E-state index in [0.717, 1.165) is 21.3 Å². The van der Waals surface area contributed by atoms with Crippen molar-refractivity contribution in [2.45, 2.75) is 6.42 Å². The lowest BCUT2D eigenvalue weighted by Gasteiger charge is -2.17. The Morgan fingerprint density at radius 2 is 1.53 bits per heavy atom. The molecule has 6 nitrogen and oxygen atoms in total. The average molecular weight is 570 g/mol. The van der Waals surface area contributed by atoms with Gasteiger partial charge in [0.1, 0.15) is 11.5 Å². The molecule has 0 N–H and O–H groups in total. The zero-order valence-electron chi connectivity index (χ0n) is 20.4. The van der Waals surface area contributed by atoms with Gasteiger partial charge in [-0.3, -0.25) is 14.4 Å². The summed E-state index contributed by atoms with van der Waals surface area (Å²) < 4.78 is 12.2. The largest absolute Gasteiger partial charge is 0.457 e. The van der Waals surface area contributed by atoms with E-state index in [4.69, 9.17) is 9.47 Å². The highest BCUT2D eigenvalue weighted by atomic mass is 79.9. The lowest BCUT2D eigenvalue weighted by molar-refractivity contribution is -0.147. The van der Waals surface area contributed by atoms with Crippen molar-refractivity contribution in [2.24, 2.45) is 5.92 Å². The van der Waals surface area contributed by atoms with E-state index in [1.54, 1.807) is 53.4 Å². The Labute approximate surface area is 228 Å². The van der Waals surface area contributed by atoms with Gasteiger partial charge in [-0.1, -0.05) is 76.6 Å². The fourth-order valence-corrected chi connectivity index (χ4v) is 4.59. The molecule has 38 heavy (non-hydrogen) atoms. The van der Waals surface area contributed by atoms with Crippen LogP contribution in [-0.2, 0) is 14.3 Å². The van der Waals surface area contributed by atoms with Crippen LogP contribution in [0.2, 0.25) is 0 Å². The number of anilines is 1. The fourth-order valence-electron chi connectivity index (χ4n) is 4.32. The average Bonchev–Trinajstić information content (AvgIpc) is 3.34. The quantitative estimate of drug-likeness (QED) is 0.174. The van der Waals surface area contributed by atoms with E-state index in [1.165, 1.54) is 0 Å². The highest BCUT2D eigenvalue weighted by Gasteiger charge is 2.36. The smallest absolute Gasteiger partial charge is 0.311 e. The van der Waals surface area contributed by atoms with Gasteiger partial charge in [0.05, 0.1) is 5.92 Å². The van der Waals surface area contributed by atoms with Gasteiger partial charge >= 0.3 is 5.97 Å².